The molecule has 7 aliphatic heterocycles. The van der Waals surface area contributed by atoms with Crippen molar-refractivity contribution in [2.75, 3.05) is 132 Å². The van der Waals surface area contributed by atoms with Gasteiger partial charge in [-0.15, -0.1) is 209 Å². The number of allylic oxidation sites excluding steroid dienone is 4. The number of halogens is 5. The molecule has 0 atom stereocenters. The molecule has 0 saturated carbocycles. The summed E-state index contributed by atoms with van der Waals surface area (Å²) in [6.45, 7) is 27.3. The number of rotatable bonds is 13. The molecule has 0 amide bonds. The molecule has 8 heterocycles. The maximum Gasteiger partial charge on any atom is 0.399 e. The molecule has 34 heteroatoms. The Morgan fingerprint density at radius 2 is 0.821 bits per heavy atom. The number of anilines is 1. The van der Waals surface area contributed by atoms with Gasteiger partial charge < -0.3 is 84.6 Å². The van der Waals surface area contributed by atoms with Gasteiger partial charge >= 0.3 is 12.1 Å². The summed E-state index contributed by atoms with van der Waals surface area (Å²) < 4.78 is 63.8. The van der Waals surface area contributed by atoms with Crippen molar-refractivity contribution in [2.24, 2.45) is 34.9 Å². The van der Waals surface area contributed by atoms with E-state index in [1.54, 1.807) is 37.3 Å². The summed E-state index contributed by atoms with van der Waals surface area (Å²) in [5, 5.41) is 25.0. The Morgan fingerprint density at radius 3 is 1.20 bits per heavy atom. The Labute approximate surface area is 877 Å². The number of aliphatic hydroxyl groups is 2. The van der Waals surface area contributed by atoms with Crippen molar-refractivity contribution in [2.45, 2.75) is 47.3 Å². The molecule has 7 radical (unpaired) electrons. The van der Waals surface area contributed by atoms with Crippen LogP contribution >= 0.6 is 0 Å². The third-order valence-electron chi connectivity index (χ3n) is 18.7. The number of likely N-dealkylation sites (N-methyl/N-ethyl adjacent to an activating group) is 5. The normalized spacial score (nSPS) is 13.9. The molecular formula is C100H102F5Ir7N16O6-7. The number of carboxylic acids is 1. The minimum atomic E-state index is -4.36. The van der Waals surface area contributed by atoms with Gasteiger partial charge in [-0.25, -0.2) is 9.78 Å². The van der Waals surface area contributed by atoms with Crippen LogP contribution in [-0.2, 0) is 163 Å². The quantitative estimate of drug-likeness (QED) is 0.0421. The van der Waals surface area contributed by atoms with Crippen LogP contribution in [0.3, 0.4) is 0 Å². The van der Waals surface area contributed by atoms with Crippen LogP contribution in [0.5, 0.6) is 0 Å². The van der Waals surface area contributed by atoms with E-state index in [-0.39, 0.29) is 175 Å². The van der Waals surface area contributed by atoms with Gasteiger partial charge in [-0.05, 0) is 98.3 Å². The van der Waals surface area contributed by atoms with Crippen LogP contribution in [-0.4, -0.2) is 235 Å². The number of ketones is 2. The Bertz CT molecular complexity index is 5460. The van der Waals surface area contributed by atoms with E-state index in [1.165, 1.54) is 63.4 Å². The number of aromatic nitrogens is 1. The van der Waals surface area contributed by atoms with Gasteiger partial charge in [0.05, 0.1) is 23.9 Å². The number of benzene rings is 9. The minimum Gasteiger partial charge on any atom is -0.512 e. The fourth-order valence-corrected chi connectivity index (χ4v) is 12.8. The van der Waals surface area contributed by atoms with Crippen molar-refractivity contribution >= 4 is 69.8 Å². The molecule has 1 aromatic heterocycles. The number of carboxylic acid groups (broad SMARTS) is 1. The molecule has 22 nitrogen and oxygen atoms in total. The number of para-hydroxylation sites is 1. The third-order valence-corrected chi connectivity index (χ3v) is 18.7. The van der Waals surface area contributed by atoms with Gasteiger partial charge in [-0.3, -0.25) is 23.2 Å². The van der Waals surface area contributed by atoms with E-state index in [0.29, 0.717) is 41.6 Å². The average molecular weight is 3060 g/mol. The van der Waals surface area contributed by atoms with Crippen molar-refractivity contribution in [3.63, 3.8) is 0 Å². The van der Waals surface area contributed by atoms with Gasteiger partial charge in [0, 0.05) is 310 Å². The van der Waals surface area contributed by atoms with Gasteiger partial charge in [0.25, 0.3) is 0 Å². The predicted octanol–water partition coefficient (Wildman–Crippen LogP) is 16.4. The average Bonchev–Trinajstić information content (AvgIpc) is 1.60. The number of carbonyl (C=O) groups excluding carboxylic acids is 2. The van der Waals surface area contributed by atoms with E-state index < -0.39 is 29.3 Å². The zero-order chi connectivity index (χ0) is 91.6. The standard InChI is InChI=1S/C16H15N2.C15H13N2.C12H12F3N2.C11H10N3.C10H9F2N2.2C10H11N2.C6H5NO2.2C5H8O2.7Ir/c1-3-7-14(8-4-1)13-18-12-11-17-16(18)15-9-5-2-6-10-15;1-3-7-13(8-4-1)15-16-11-12-17(15)14-9-5-2-6-10-14;1-8-5-9(11-16-3-4-17(11)2)7-10(6-8)12(13,14)15;1-12-10-5-3-4-9(8-10)11-13-6-7-14(11)2;1-14-5-4-13-10(14)8-3-2-7(11)6-9(8)12;2*1-12-8-7-11-10(12)9-5-3-2-4-6-9;8-6(9)5-3-1-2-4-7-5;2*1-4(6)3-5(2)7;;;;;;;/h1-9H,11-13H2;1-7,9-10H,11-12H2;5-6H,3-4H2,1-2H3;3,5,8H,6-7H2,2H3;2,6H,4-5H2,1H3;2*2-5H,7-8H2,1H3;1-4H,(H,8,9);2*3,6H,1-2H3;;;;;;;/q7*-1;;;;;;;;;;. The molecule has 10 aromatic rings. The third kappa shape index (κ3) is 41.7. The number of hydrogen-bond donors (Lipinski definition) is 3. The van der Waals surface area contributed by atoms with Crippen molar-refractivity contribution < 1.29 is 192 Å². The van der Waals surface area contributed by atoms with Gasteiger partial charge in [0.15, 0.2) is 11.6 Å². The molecule has 3 N–H and O–H groups in total. The molecule has 9 aromatic carbocycles. The predicted molar refractivity (Wildman–Crippen MR) is 492 cm³/mol. The topological polar surface area (TPSA) is 238 Å². The Hall–Kier alpha value is -10.0. The summed E-state index contributed by atoms with van der Waals surface area (Å²) in [4.78, 5) is 82.4. The molecule has 723 valence electrons. The first kappa shape index (κ1) is 122. The smallest absolute Gasteiger partial charge is 0.399 e. The van der Waals surface area contributed by atoms with E-state index in [4.69, 9.17) is 21.9 Å². The molecule has 0 saturated heterocycles. The number of aromatic carboxylic acids is 1. The zero-order valence-corrected chi connectivity index (χ0v) is 91.8. The molecule has 0 fully saturated rings. The van der Waals surface area contributed by atoms with E-state index in [9.17, 15) is 36.3 Å². The summed E-state index contributed by atoms with van der Waals surface area (Å²) >= 11 is 0. The molecule has 7 aliphatic rings. The molecule has 17 rings (SSSR count). The summed E-state index contributed by atoms with van der Waals surface area (Å²) in [6, 6.07) is 88.6. The number of pyridine rings is 1. The van der Waals surface area contributed by atoms with Crippen LogP contribution in [0, 0.1) is 67.6 Å². The van der Waals surface area contributed by atoms with Gasteiger partial charge in [0.1, 0.15) is 11.4 Å². The van der Waals surface area contributed by atoms with E-state index in [1.807, 2.05) is 134 Å². The number of hydrogen-bond acceptors (Lipinski definition) is 20. The fourth-order valence-electron chi connectivity index (χ4n) is 12.8. The van der Waals surface area contributed by atoms with Gasteiger partial charge in [0.2, 0.25) is 0 Å². The summed E-state index contributed by atoms with van der Waals surface area (Å²) in [5.74, 6) is 3.94. The first-order chi connectivity index (χ1) is 61.1. The van der Waals surface area contributed by atoms with E-state index in [0.717, 1.165) is 160 Å². The Kier molecular flexibility index (Phi) is 59.1. The van der Waals surface area contributed by atoms with Crippen LogP contribution in [0.4, 0.5) is 33.3 Å². The summed E-state index contributed by atoms with van der Waals surface area (Å²) in [7, 11) is 9.77. The van der Waals surface area contributed by atoms with Crippen molar-refractivity contribution in [1.82, 2.24) is 34.4 Å². The number of aliphatic hydroxyl groups excluding tert-OH is 2. The number of carbonyl (C=O) groups is 3. The molecule has 134 heavy (non-hydrogen) atoms. The van der Waals surface area contributed by atoms with Crippen LogP contribution in [0.25, 0.3) is 4.85 Å². The maximum atomic E-state index is 13.3. The monoisotopic (exact) mass is 3070 g/mol. The van der Waals surface area contributed by atoms with Crippen LogP contribution in [0.15, 0.2) is 283 Å². The second-order valence-electron chi connectivity index (χ2n) is 29.0. The molecule has 0 unspecified atom stereocenters. The van der Waals surface area contributed by atoms with Crippen LogP contribution < -0.4 is 4.90 Å². The second-order valence-corrected chi connectivity index (χ2v) is 29.0. The SMILES string of the molecule is CC(=O)C=C(C)O.CC(=O)C=C(C)O.CN1CCN=C1c1[c-]cc(F)cc1F.CN1CCN=C1c1[c-]cccc1.CN1CCN=C1c1[c-]cccc1.Cc1cc(C2=NCCN2C)[c-]c(C(F)(F)F)c1.O=C(O)c1ccccn1.[C-]#[N+]c1cc[c-]c(C2=NCCN2C)c1.[Ir].[Ir].[Ir].[Ir].[Ir].[Ir].[Ir].[c-]1ccccc1C1=NCCN1Cc1ccccc1.[c-]1ccccc1C1=NCCN1c1ccccc1. The number of alkyl halides is 3. The maximum absolute atomic E-state index is 13.3. The zero-order valence-electron chi connectivity index (χ0n) is 75.1. The minimum absolute atomic E-state index is 0. The van der Waals surface area contributed by atoms with E-state index >= 15 is 0 Å². The van der Waals surface area contributed by atoms with Crippen molar-refractivity contribution in [1.29, 1.82) is 0 Å². The number of aliphatic imine (C=N–C) groups is 7. The van der Waals surface area contributed by atoms with E-state index in [2.05, 4.69) is 186 Å². The first-order valence-electron chi connectivity index (χ1n) is 40.7. The molecular weight excluding hydrogens is 2960 g/mol. The number of aryl methyl sites for hydroxylation is 1. The van der Waals surface area contributed by atoms with Crippen molar-refractivity contribution in [3.05, 3.63) is 375 Å². The van der Waals surface area contributed by atoms with Gasteiger partial charge in [-0.2, -0.15) is 19.2 Å². The largest absolute Gasteiger partial charge is 0.512 e. The second kappa shape index (κ2) is 64.9. The fraction of sp³-hybridized carbons (Fsp3) is 0.260. The molecule has 0 spiro atoms. The Balaban J connectivity index is 0.000000749. The number of nitrogens with zero attached hydrogens (tertiary/aromatic N) is 16. The summed E-state index contributed by atoms with van der Waals surface area (Å²) in [5.41, 5.74) is 8.98. The van der Waals surface area contributed by atoms with Crippen LogP contribution in [0.1, 0.15) is 93.8 Å². The number of amidine groups is 7. The first-order valence-corrected chi connectivity index (χ1v) is 40.7. The van der Waals surface area contributed by atoms with Crippen molar-refractivity contribution in [3.8, 4) is 0 Å². The summed E-state index contributed by atoms with van der Waals surface area (Å²) in [6.07, 6.45) is -0.581. The Morgan fingerprint density at radius 1 is 0.433 bits per heavy atom. The van der Waals surface area contributed by atoms with Crippen LogP contribution in [0.2, 0.25) is 0 Å². The molecule has 0 bridgehead atoms. The molecule has 0 aliphatic carbocycles. The van der Waals surface area contributed by atoms with Gasteiger partial charge in [-0.1, -0.05) is 73.2 Å².